The first-order valence-corrected chi connectivity index (χ1v) is 7.91. The molecule has 1 saturated heterocycles. The van der Waals surface area contributed by atoms with Crippen molar-refractivity contribution in [3.05, 3.63) is 17.7 Å². The second kappa shape index (κ2) is 7.90. The van der Waals surface area contributed by atoms with Crippen molar-refractivity contribution in [1.29, 1.82) is 0 Å². The first-order chi connectivity index (χ1) is 11.5. The smallest absolute Gasteiger partial charge is 0.252 e. The van der Waals surface area contributed by atoms with E-state index in [9.17, 15) is 9.59 Å². The lowest BCUT2D eigenvalue weighted by Crippen LogP contribution is -2.45. The summed E-state index contributed by atoms with van der Waals surface area (Å²) < 4.78 is 15.7. The quantitative estimate of drug-likeness (QED) is 0.851. The molecule has 1 aromatic rings. The van der Waals surface area contributed by atoms with Crippen molar-refractivity contribution >= 4 is 11.8 Å². The molecule has 2 amide bonds. The molecule has 1 N–H and O–H groups in total. The van der Waals surface area contributed by atoms with E-state index in [2.05, 4.69) is 5.32 Å². The summed E-state index contributed by atoms with van der Waals surface area (Å²) in [5.41, 5.74) is 0.338. The van der Waals surface area contributed by atoms with E-state index >= 15 is 0 Å². The summed E-state index contributed by atoms with van der Waals surface area (Å²) >= 11 is 0. The fourth-order valence-corrected chi connectivity index (χ4v) is 2.77. The van der Waals surface area contributed by atoms with E-state index in [1.165, 1.54) is 21.3 Å². The van der Waals surface area contributed by atoms with Crippen LogP contribution in [0.4, 0.5) is 0 Å². The van der Waals surface area contributed by atoms with E-state index in [4.69, 9.17) is 14.2 Å². The van der Waals surface area contributed by atoms with Gasteiger partial charge in [-0.3, -0.25) is 9.59 Å². The first kappa shape index (κ1) is 17.9. The highest BCUT2D eigenvalue weighted by Crippen LogP contribution is 2.38. The van der Waals surface area contributed by atoms with E-state index in [1.54, 1.807) is 24.0 Å². The minimum atomic E-state index is -0.588. The molecule has 1 heterocycles. The van der Waals surface area contributed by atoms with E-state index in [1.807, 2.05) is 0 Å². The van der Waals surface area contributed by atoms with Crippen LogP contribution in [-0.4, -0.2) is 57.2 Å². The normalized spacial score (nSPS) is 14.9. The summed E-state index contributed by atoms with van der Waals surface area (Å²) in [5, 5.41) is 2.73. The Morgan fingerprint density at radius 3 is 2.04 bits per heavy atom. The predicted octanol–water partition coefficient (Wildman–Crippen LogP) is 1.45. The van der Waals surface area contributed by atoms with Crippen LogP contribution in [0.15, 0.2) is 12.1 Å². The summed E-state index contributed by atoms with van der Waals surface area (Å²) in [6, 6.07) is 2.53. The average Bonchev–Trinajstić information content (AvgIpc) is 3.13. The largest absolute Gasteiger partial charge is 0.493 e. The van der Waals surface area contributed by atoms with E-state index in [-0.39, 0.29) is 11.8 Å². The summed E-state index contributed by atoms with van der Waals surface area (Å²) in [6.07, 6.45) is 2.03. The van der Waals surface area contributed by atoms with Crippen LogP contribution >= 0.6 is 0 Å². The van der Waals surface area contributed by atoms with Gasteiger partial charge in [0.1, 0.15) is 6.04 Å². The molecule has 1 aliphatic heterocycles. The molecule has 1 fully saturated rings. The lowest BCUT2D eigenvalue weighted by molar-refractivity contribution is -0.131. The van der Waals surface area contributed by atoms with Crippen LogP contribution in [0.2, 0.25) is 0 Å². The number of likely N-dealkylation sites (tertiary alicyclic amines) is 1. The Morgan fingerprint density at radius 1 is 1.04 bits per heavy atom. The van der Waals surface area contributed by atoms with Gasteiger partial charge < -0.3 is 24.4 Å². The number of nitrogens with one attached hydrogen (secondary N) is 1. The van der Waals surface area contributed by atoms with Crippen molar-refractivity contribution in [2.75, 3.05) is 34.4 Å². The second-order valence-corrected chi connectivity index (χ2v) is 5.64. The molecule has 7 heteroatoms. The number of ether oxygens (including phenoxy) is 3. The van der Waals surface area contributed by atoms with Gasteiger partial charge >= 0.3 is 0 Å². The summed E-state index contributed by atoms with van der Waals surface area (Å²) in [7, 11) is 4.47. The van der Waals surface area contributed by atoms with Crippen LogP contribution in [0, 0.1) is 0 Å². The van der Waals surface area contributed by atoms with Gasteiger partial charge in [0, 0.05) is 18.7 Å². The second-order valence-electron chi connectivity index (χ2n) is 5.64. The maximum atomic E-state index is 12.5. The van der Waals surface area contributed by atoms with Gasteiger partial charge in [0.25, 0.3) is 5.91 Å². The van der Waals surface area contributed by atoms with Crippen LogP contribution < -0.4 is 19.5 Å². The number of methoxy groups -OCH3 is 3. The Labute approximate surface area is 141 Å². The van der Waals surface area contributed by atoms with Gasteiger partial charge in [-0.1, -0.05) is 0 Å². The van der Waals surface area contributed by atoms with E-state index < -0.39 is 6.04 Å². The number of hydrogen-bond donors (Lipinski definition) is 1. The summed E-state index contributed by atoms with van der Waals surface area (Å²) in [6.45, 7) is 3.20. The minimum absolute atomic E-state index is 0.0618. The van der Waals surface area contributed by atoms with E-state index in [0.29, 0.717) is 22.8 Å². The lowest BCUT2D eigenvalue weighted by atomic mass is 10.1. The average molecular weight is 336 g/mol. The molecule has 1 atom stereocenters. The lowest BCUT2D eigenvalue weighted by Gasteiger charge is -2.21. The first-order valence-electron chi connectivity index (χ1n) is 7.91. The third kappa shape index (κ3) is 3.72. The van der Waals surface area contributed by atoms with E-state index in [0.717, 1.165) is 25.9 Å². The minimum Gasteiger partial charge on any atom is -0.493 e. The molecule has 0 spiro atoms. The molecule has 0 radical (unpaired) electrons. The molecule has 0 bridgehead atoms. The van der Waals surface area contributed by atoms with Gasteiger partial charge in [0.15, 0.2) is 11.5 Å². The van der Waals surface area contributed by atoms with Crippen molar-refractivity contribution in [1.82, 2.24) is 10.2 Å². The van der Waals surface area contributed by atoms with Gasteiger partial charge in [-0.15, -0.1) is 0 Å². The molecule has 0 aliphatic carbocycles. The summed E-state index contributed by atoms with van der Waals surface area (Å²) in [5.74, 6) is 0.765. The fraction of sp³-hybridized carbons (Fsp3) is 0.529. The highest BCUT2D eigenvalue weighted by atomic mass is 16.5. The SMILES string of the molecule is COc1cc(C(=O)N[C@H](C)C(=O)N2CCCC2)cc(OC)c1OC. The van der Waals surface area contributed by atoms with Gasteiger partial charge in [0.05, 0.1) is 21.3 Å². The van der Waals surface area contributed by atoms with Crippen molar-refractivity contribution in [3.8, 4) is 17.2 Å². The molecule has 7 nitrogen and oxygen atoms in total. The Bertz CT molecular complexity index is 586. The third-order valence-electron chi connectivity index (χ3n) is 4.06. The molecular formula is C17H24N2O5. The number of amides is 2. The molecule has 2 rings (SSSR count). The zero-order valence-electron chi connectivity index (χ0n) is 14.5. The number of benzene rings is 1. The maximum absolute atomic E-state index is 12.5. The zero-order valence-corrected chi connectivity index (χ0v) is 14.5. The highest BCUT2D eigenvalue weighted by Gasteiger charge is 2.25. The van der Waals surface area contributed by atoms with Crippen molar-refractivity contribution < 1.29 is 23.8 Å². The van der Waals surface area contributed by atoms with Crippen molar-refractivity contribution in [3.63, 3.8) is 0 Å². The molecule has 1 aliphatic rings. The molecule has 1 aromatic carbocycles. The molecule has 0 aromatic heterocycles. The van der Waals surface area contributed by atoms with Gasteiger partial charge in [-0.25, -0.2) is 0 Å². The molecule has 0 saturated carbocycles. The van der Waals surface area contributed by atoms with Crippen LogP contribution in [0.25, 0.3) is 0 Å². The standard InChI is InChI=1S/C17H24N2O5/c1-11(17(21)19-7-5-6-8-19)18-16(20)12-9-13(22-2)15(24-4)14(10-12)23-3/h9-11H,5-8H2,1-4H3,(H,18,20)/t11-/m1/s1. The third-order valence-corrected chi connectivity index (χ3v) is 4.06. The fourth-order valence-electron chi connectivity index (χ4n) is 2.77. The molecular weight excluding hydrogens is 312 g/mol. The number of hydrogen-bond acceptors (Lipinski definition) is 5. The Balaban J connectivity index is 2.15. The summed E-state index contributed by atoms with van der Waals surface area (Å²) in [4.78, 5) is 26.6. The van der Waals surface area contributed by atoms with Gasteiger partial charge in [-0.2, -0.15) is 0 Å². The number of carbonyl (C=O) groups is 2. The maximum Gasteiger partial charge on any atom is 0.252 e. The molecule has 0 unspecified atom stereocenters. The Morgan fingerprint density at radius 2 is 1.58 bits per heavy atom. The van der Waals surface area contributed by atoms with Crippen LogP contribution in [0.1, 0.15) is 30.1 Å². The molecule has 132 valence electrons. The number of carbonyl (C=O) groups excluding carboxylic acids is 2. The van der Waals surface area contributed by atoms with Gasteiger partial charge in [0.2, 0.25) is 11.7 Å². The monoisotopic (exact) mass is 336 g/mol. The van der Waals surface area contributed by atoms with Crippen LogP contribution in [-0.2, 0) is 4.79 Å². The van der Waals surface area contributed by atoms with Crippen molar-refractivity contribution in [2.24, 2.45) is 0 Å². The van der Waals surface area contributed by atoms with Gasteiger partial charge in [-0.05, 0) is 31.9 Å². The highest BCUT2D eigenvalue weighted by molar-refractivity contribution is 5.98. The molecule has 24 heavy (non-hydrogen) atoms. The number of nitrogens with zero attached hydrogens (tertiary/aromatic N) is 1. The Hall–Kier alpha value is -2.44. The predicted molar refractivity (Wildman–Crippen MR) is 88.8 cm³/mol. The number of rotatable bonds is 6. The zero-order chi connectivity index (χ0) is 17.7. The van der Waals surface area contributed by atoms with Crippen LogP contribution in [0.5, 0.6) is 17.2 Å². The van der Waals surface area contributed by atoms with Crippen LogP contribution in [0.3, 0.4) is 0 Å². The topological polar surface area (TPSA) is 77.1 Å². The van der Waals surface area contributed by atoms with Crippen molar-refractivity contribution in [2.45, 2.75) is 25.8 Å². The Kier molecular flexibility index (Phi) is 5.89.